The van der Waals surface area contributed by atoms with E-state index in [-0.39, 0.29) is 5.91 Å². The van der Waals surface area contributed by atoms with Gasteiger partial charge >= 0.3 is 0 Å². The van der Waals surface area contributed by atoms with Gasteiger partial charge in [-0.1, -0.05) is 59.3 Å². The molecule has 1 aliphatic heterocycles. The number of halogens is 2. The summed E-state index contributed by atoms with van der Waals surface area (Å²) in [5, 5.41) is 0.906. The Morgan fingerprint density at radius 2 is 1.88 bits per heavy atom. The minimum absolute atomic E-state index is 0.178. The van der Waals surface area contributed by atoms with E-state index in [0.29, 0.717) is 25.0 Å². The van der Waals surface area contributed by atoms with Gasteiger partial charge < -0.3 is 0 Å². The van der Waals surface area contributed by atoms with Crippen LogP contribution in [0.5, 0.6) is 0 Å². The molecular formula is C17H11Cl2NOS3. The molecule has 2 nitrogen and oxygen atoms in total. The molecule has 0 radical (unpaired) electrons. The van der Waals surface area contributed by atoms with Crippen LogP contribution < -0.4 is 4.90 Å². The van der Waals surface area contributed by atoms with E-state index in [1.165, 1.54) is 21.6 Å². The van der Waals surface area contributed by atoms with Gasteiger partial charge in [-0.25, -0.2) is 0 Å². The van der Waals surface area contributed by atoms with Crippen molar-refractivity contribution in [2.24, 2.45) is 0 Å². The standard InChI is InChI=1S/C17H11Cl2NOS3/c1-23-12-5-2-10(3-6-12)8-15-16(21)20(17(22)24-15)14-7-4-11(18)9-13(14)19/h2-9H,1H3/b15-8-. The summed E-state index contributed by atoms with van der Waals surface area (Å²) in [5.74, 6) is -0.178. The van der Waals surface area contributed by atoms with Crippen LogP contribution in [-0.2, 0) is 4.79 Å². The van der Waals surface area contributed by atoms with Gasteiger partial charge in [0.15, 0.2) is 4.32 Å². The maximum absolute atomic E-state index is 12.7. The normalized spacial score (nSPS) is 16.3. The molecule has 3 rings (SSSR count). The number of anilines is 1. The van der Waals surface area contributed by atoms with E-state index in [0.717, 1.165) is 5.56 Å². The van der Waals surface area contributed by atoms with Crippen LogP contribution in [-0.4, -0.2) is 16.5 Å². The number of carbonyl (C=O) groups is 1. The highest BCUT2D eigenvalue weighted by atomic mass is 35.5. The molecule has 0 bridgehead atoms. The predicted molar refractivity (Wildman–Crippen MR) is 110 cm³/mol. The molecule has 1 amide bonds. The molecule has 0 aromatic heterocycles. The van der Waals surface area contributed by atoms with Crippen LogP contribution in [0.15, 0.2) is 52.3 Å². The highest BCUT2D eigenvalue weighted by Crippen LogP contribution is 2.39. The maximum Gasteiger partial charge on any atom is 0.270 e. The molecule has 0 atom stereocenters. The van der Waals surface area contributed by atoms with Crippen LogP contribution in [0, 0.1) is 0 Å². The average molecular weight is 412 g/mol. The number of thioether (sulfide) groups is 2. The quantitative estimate of drug-likeness (QED) is 0.344. The van der Waals surface area contributed by atoms with Gasteiger partial charge in [0.1, 0.15) is 0 Å². The van der Waals surface area contributed by atoms with Crippen LogP contribution in [0.3, 0.4) is 0 Å². The van der Waals surface area contributed by atoms with Gasteiger partial charge in [0.05, 0.1) is 15.6 Å². The third-order valence-corrected chi connectivity index (χ3v) is 5.94. The molecule has 1 saturated heterocycles. The summed E-state index contributed by atoms with van der Waals surface area (Å²) in [4.78, 5) is 15.9. The lowest BCUT2D eigenvalue weighted by Crippen LogP contribution is -2.27. The SMILES string of the molecule is CSc1ccc(/C=C2\SC(=S)N(c3ccc(Cl)cc3Cl)C2=O)cc1. The Kier molecular flexibility index (Phi) is 5.57. The molecule has 0 saturated carbocycles. The second-order valence-electron chi connectivity index (χ2n) is 4.89. The van der Waals surface area contributed by atoms with Gasteiger partial charge in [-0.15, -0.1) is 11.8 Å². The first-order valence-electron chi connectivity index (χ1n) is 6.86. The van der Waals surface area contributed by atoms with Crippen LogP contribution in [0.2, 0.25) is 10.0 Å². The molecular weight excluding hydrogens is 401 g/mol. The number of hydrogen-bond acceptors (Lipinski definition) is 4. The van der Waals surface area contributed by atoms with Crippen LogP contribution in [0.25, 0.3) is 6.08 Å². The lowest BCUT2D eigenvalue weighted by atomic mass is 10.2. The van der Waals surface area contributed by atoms with Crippen molar-refractivity contribution in [2.45, 2.75) is 4.90 Å². The summed E-state index contributed by atoms with van der Waals surface area (Å²) in [5.41, 5.74) is 1.50. The largest absolute Gasteiger partial charge is 0.270 e. The van der Waals surface area contributed by atoms with Crippen LogP contribution >= 0.6 is 58.9 Å². The first kappa shape index (κ1) is 17.8. The molecule has 1 aliphatic rings. The molecule has 0 unspecified atom stereocenters. The van der Waals surface area contributed by atoms with Crippen molar-refractivity contribution >= 4 is 80.9 Å². The molecule has 0 spiro atoms. The molecule has 2 aromatic carbocycles. The first-order chi connectivity index (χ1) is 11.5. The fraction of sp³-hybridized carbons (Fsp3) is 0.0588. The topological polar surface area (TPSA) is 20.3 Å². The minimum Gasteiger partial charge on any atom is -0.268 e. The monoisotopic (exact) mass is 411 g/mol. The third-order valence-electron chi connectivity index (χ3n) is 3.36. The van der Waals surface area contributed by atoms with Gasteiger partial charge in [0.25, 0.3) is 5.91 Å². The number of thiocarbonyl (C=S) groups is 1. The zero-order valence-electron chi connectivity index (χ0n) is 12.5. The van der Waals surface area contributed by atoms with E-state index in [9.17, 15) is 4.79 Å². The van der Waals surface area contributed by atoms with Gasteiger partial charge in [0.2, 0.25) is 0 Å². The Morgan fingerprint density at radius 1 is 1.17 bits per heavy atom. The predicted octanol–water partition coefficient (Wildman–Crippen LogP) is 6.12. The van der Waals surface area contributed by atoms with Crippen LogP contribution in [0.4, 0.5) is 5.69 Å². The number of rotatable bonds is 3. The highest BCUT2D eigenvalue weighted by molar-refractivity contribution is 8.27. The zero-order chi connectivity index (χ0) is 17.3. The van der Waals surface area contributed by atoms with E-state index in [1.807, 2.05) is 36.6 Å². The lowest BCUT2D eigenvalue weighted by Gasteiger charge is -2.16. The van der Waals surface area contributed by atoms with E-state index < -0.39 is 0 Å². The summed E-state index contributed by atoms with van der Waals surface area (Å²) in [6, 6.07) is 13.0. The molecule has 0 aliphatic carbocycles. The Hall–Kier alpha value is -0.980. The number of carbonyl (C=O) groups excluding carboxylic acids is 1. The van der Waals surface area contributed by atoms with Crippen molar-refractivity contribution < 1.29 is 4.79 Å². The van der Waals surface area contributed by atoms with E-state index in [4.69, 9.17) is 35.4 Å². The van der Waals surface area contributed by atoms with Crippen molar-refractivity contribution in [3.05, 3.63) is 63.0 Å². The van der Waals surface area contributed by atoms with Crippen molar-refractivity contribution in [1.29, 1.82) is 0 Å². The fourth-order valence-electron chi connectivity index (χ4n) is 2.19. The minimum atomic E-state index is -0.178. The fourth-order valence-corrected chi connectivity index (χ4v) is 4.38. The molecule has 24 heavy (non-hydrogen) atoms. The smallest absolute Gasteiger partial charge is 0.268 e. The summed E-state index contributed by atoms with van der Waals surface area (Å²) in [7, 11) is 0. The van der Waals surface area contributed by atoms with E-state index in [1.54, 1.807) is 30.0 Å². The second-order valence-corrected chi connectivity index (χ2v) is 8.29. The number of benzene rings is 2. The Bertz CT molecular complexity index is 849. The number of hydrogen-bond donors (Lipinski definition) is 0. The van der Waals surface area contributed by atoms with Crippen molar-refractivity contribution in [3.8, 4) is 0 Å². The van der Waals surface area contributed by atoms with Crippen molar-refractivity contribution in [3.63, 3.8) is 0 Å². The molecule has 2 aromatic rings. The summed E-state index contributed by atoms with van der Waals surface area (Å²) >= 11 is 20.4. The summed E-state index contributed by atoms with van der Waals surface area (Å²) in [6.07, 6.45) is 3.86. The number of nitrogens with zero attached hydrogens (tertiary/aromatic N) is 1. The van der Waals surface area contributed by atoms with Gasteiger partial charge in [-0.2, -0.15) is 0 Å². The van der Waals surface area contributed by atoms with Crippen LogP contribution in [0.1, 0.15) is 5.56 Å². The molecule has 122 valence electrons. The Morgan fingerprint density at radius 3 is 2.50 bits per heavy atom. The summed E-state index contributed by atoms with van der Waals surface area (Å²) < 4.78 is 0.455. The highest BCUT2D eigenvalue weighted by Gasteiger charge is 2.34. The molecule has 1 fully saturated rings. The average Bonchev–Trinajstić information content (AvgIpc) is 2.83. The van der Waals surface area contributed by atoms with Gasteiger partial charge in [-0.05, 0) is 48.2 Å². The van der Waals surface area contributed by atoms with Gasteiger partial charge in [0, 0.05) is 9.92 Å². The summed E-state index contributed by atoms with van der Waals surface area (Å²) in [6.45, 7) is 0. The number of amides is 1. The second kappa shape index (κ2) is 7.50. The first-order valence-corrected chi connectivity index (χ1v) is 10.1. The molecule has 7 heteroatoms. The van der Waals surface area contributed by atoms with E-state index in [2.05, 4.69) is 0 Å². The Balaban J connectivity index is 1.92. The maximum atomic E-state index is 12.7. The van der Waals surface area contributed by atoms with Gasteiger partial charge in [-0.3, -0.25) is 9.69 Å². The zero-order valence-corrected chi connectivity index (χ0v) is 16.4. The Labute approximate surface area is 164 Å². The lowest BCUT2D eigenvalue weighted by molar-refractivity contribution is -0.113. The van der Waals surface area contributed by atoms with Crippen molar-refractivity contribution in [2.75, 3.05) is 11.2 Å². The van der Waals surface area contributed by atoms with Crippen molar-refractivity contribution in [1.82, 2.24) is 0 Å². The molecule has 1 heterocycles. The van der Waals surface area contributed by atoms with E-state index >= 15 is 0 Å². The molecule has 0 N–H and O–H groups in total. The third kappa shape index (κ3) is 3.65.